The van der Waals surface area contributed by atoms with Gasteiger partial charge >= 0.3 is 0 Å². The van der Waals surface area contributed by atoms with Crippen LogP contribution in [-0.4, -0.2) is 20.0 Å². The van der Waals surface area contributed by atoms with Crippen LogP contribution < -0.4 is 5.32 Å². The lowest BCUT2D eigenvalue weighted by Gasteiger charge is -2.24. The lowest BCUT2D eigenvalue weighted by atomic mass is 9.93. The summed E-state index contributed by atoms with van der Waals surface area (Å²) in [5.74, 6) is 0.207. The first kappa shape index (κ1) is 13.0. The fourth-order valence-corrected chi connectivity index (χ4v) is 2.85. The van der Waals surface area contributed by atoms with Crippen molar-refractivity contribution >= 4 is 0 Å². The Morgan fingerprint density at radius 1 is 1.40 bits per heavy atom. The van der Waals surface area contributed by atoms with Gasteiger partial charge in [-0.1, -0.05) is 6.07 Å². The van der Waals surface area contributed by atoms with Crippen molar-refractivity contribution in [1.82, 2.24) is 15.1 Å². The summed E-state index contributed by atoms with van der Waals surface area (Å²) in [6, 6.07) is 4.98. The third-order valence-electron chi connectivity index (χ3n) is 3.98. The van der Waals surface area contributed by atoms with Gasteiger partial charge in [-0.25, -0.2) is 0 Å². The Morgan fingerprint density at radius 2 is 2.25 bits per heavy atom. The normalized spacial score (nSPS) is 17.9. The van der Waals surface area contributed by atoms with Crippen LogP contribution in [0.25, 0.3) is 0 Å². The second-order valence-corrected chi connectivity index (χ2v) is 5.31. The van der Waals surface area contributed by atoms with E-state index >= 15 is 0 Å². The van der Waals surface area contributed by atoms with Crippen molar-refractivity contribution in [2.45, 2.75) is 31.8 Å². The second-order valence-electron chi connectivity index (χ2n) is 5.31. The number of phenols is 2. The van der Waals surface area contributed by atoms with Crippen LogP contribution >= 0.6 is 0 Å². The summed E-state index contributed by atoms with van der Waals surface area (Å²) in [5, 5.41) is 26.9. The summed E-state index contributed by atoms with van der Waals surface area (Å²) in [6.07, 6.45) is 5.24. The molecule has 5 nitrogen and oxygen atoms in total. The highest BCUT2D eigenvalue weighted by molar-refractivity contribution is 5.39. The Balaban J connectivity index is 1.73. The first-order valence-electron chi connectivity index (χ1n) is 6.90. The Kier molecular flexibility index (Phi) is 3.36. The molecule has 0 fully saturated rings. The molecule has 1 heterocycles. The van der Waals surface area contributed by atoms with Crippen molar-refractivity contribution in [3.8, 4) is 11.5 Å². The lowest BCUT2D eigenvalue weighted by molar-refractivity contribution is 0.427. The standard InChI is InChI=1S/C15H19N3O2/c1-18-14-4-2-3-13(12(14)9-17-18)16-8-10-5-6-11(19)7-15(10)20/h5-7,9,13,16,19-20H,2-4,8H2,1H3. The summed E-state index contributed by atoms with van der Waals surface area (Å²) in [4.78, 5) is 0. The van der Waals surface area contributed by atoms with Gasteiger partial charge in [0.15, 0.2) is 0 Å². The molecule has 1 atom stereocenters. The summed E-state index contributed by atoms with van der Waals surface area (Å²) in [5.41, 5.74) is 3.35. The number of hydrogen-bond donors (Lipinski definition) is 3. The molecule has 2 aromatic rings. The molecule has 1 aliphatic carbocycles. The lowest BCUT2D eigenvalue weighted by Crippen LogP contribution is -2.24. The van der Waals surface area contributed by atoms with E-state index in [9.17, 15) is 10.2 Å². The topological polar surface area (TPSA) is 70.3 Å². The molecule has 20 heavy (non-hydrogen) atoms. The van der Waals surface area contributed by atoms with Crippen molar-refractivity contribution in [3.63, 3.8) is 0 Å². The number of nitrogens with zero attached hydrogens (tertiary/aromatic N) is 2. The zero-order valence-electron chi connectivity index (χ0n) is 11.5. The van der Waals surface area contributed by atoms with Gasteiger partial charge in [0.25, 0.3) is 0 Å². The van der Waals surface area contributed by atoms with Gasteiger partial charge in [-0.15, -0.1) is 0 Å². The molecule has 1 unspecified atom stereocenters. The number of hydrogen-bond acceptors (Lipinski definition) is 4. The van der Waals surface area contributed by atoms with E-state index in [-0.39, 0.29) is 17.5 Å². The number of rotatable bonds is 3. The minimum atomic E-state index is 0.0819. The maximum Gasteiger partial charge on any atom is 0.123 e. The Bertz CT molecular complexity index is 622. The smallest absolute Gasteiger partial charge is 0.123 e. The van der Waals surface area contributed by atoms with Gasteiger partial charge in [-0.2, -0.15) is 5.10 Å². The first-order chi connectivity index (χ1) is 9.65. The maximum absolute atomic E-state index is 9.80. The average Bonchev–Trinajstić information content (AvgIpc) is 2.80. The molecule has 0 spiro atoms. The molecule has 5 heteroatoms. The highest BCUT2D eigenvalue weighted by Gasteiger charge is 2.23. The molecular weight excluding hydrogens is 254 g/mol. The Labute approximate surface area is 117 Å². The van der Waals surface area contributed by atoms with Crippen LogP contribution in [0.3, 0.4) is 0 Å². The molecule has 106 valence electrons. The van der Waals surface area contributed by atoms with E-state index in [1.807, 2.05) is 17.9 Å². The van der Waals surface area contributed by atoms with Crippen molar-refractivity contribution in [1.29, 1.82) is 0 Å². The zero-order valence-corrected chi connectivity index (χ0v) is 11.5. The molecule has 0 saturated heterocycles. The molecule has 0 aliphatic heterocycles. The molecule has 0 saturated carbocycles. The van der Waals surface area contributed by atoms with Crippen molar-refractivity contribution in [2.75, 3.05) is 0 Å². The van der Waals surface area contributed by atoms with Crippen LogP contribution in [0.1, 0.15) is 35.7 Å². The van der Waals surface area contributed by atoms with Crippen LogP contribution in [0.5, 0.6) is 11.5 Å². The van der Waals surface area contributed by atoms with Gasteiger partial charge in [0.2, 0.25) is 0 Å². The fraction of sp³-hybridized carbons (Fsp3) is 0.400. The molecule has 0 amide bonds. The molecule has 0 bridgehead atoms. The van der Waals surface area contributed by atoms with Crippen LogP contribution in [0.15, 0.2) is 24.4 Å². The van der Waals surface area contributed by atoms with Gasteiger partial charge < -0.3 is 15.5 Å². The maximum atomic E-state index is 9.80. The summed E-state index contributed by atoms with van der Waals surface area (Å²) < 4.78 is 1.95. The van der Waals surface area contributed by atoms with Gasteiger partial charge in [0.1, 0.15) is 11.5 Å². The largest absolute Gasteiger partial charge is 0.508 e. The molecule has 1 aliphatic rings. The third kappa shape index (κ3) is 2.36. The van der Waals surface area contributed by atoms with Crippen LogP contribution in [0.2, 0.25) is 0 Å². The molecular formula is C15H19N3O2. The van der Waals surface area contributed by atoms with Crippen LogP contribution in [0.4, 0.5) is 0 Å². The number of nitrogens with one attached hydrogen (secondary N) is 1. The molecule has 3 rings (SSSR count). The molecule has 1 aromatic heterocycles. The number of phenolic OH excluding ortho intramolecular Hbond substituents is 2. The van der Waals surface area contributed by atoms with Crippen molar-refractivity contribution < 1.29 is 10.2 Å². The number of benzene rings is 1. The SMILES string of the molecule is Cn1ncc2c1CCCC2NCc1ccc(O)cc1O. The van der Waals surface area contributed by atoms with Gasteiger partial charge in [-0.05, 0) is 25.3 Å². The fourth-order valence-electron chi connectivity index (χ4n) is 2.85. The van der Waals surface area contributed by atoms with E-state index < -0.39 is 0 Å². The average molecular weight is 273 g/mol. The number of aromatic hydroxyl groups is 2. The highest BCUT2D eigenvalue weighted by Crippen LogP contribution is 2.30. The quantitative estimate of drug-likeness (QED) is 0.800. The molecule has 1 aromatic carbocycles. The number of aryl methyl sites for hydroxylation is 1. The van der Waals surface area contributed by atoms with Crippen molar-refractivity contribution in [2.24, 2.45) is 7.05 Å². The van der Waals surface area contributed by atoms with Crippen LogP contribution in [-0.2, 0) is 20.0 Å². The first-order valence-corrected chi connectivity index (χ1v) is 6.90. The van der Waals surface area contributed by atoms with Gasteiger partial charge in [0, 0.05) is 42.5 Å². The number of fused-ring (bicyclic) bond motifs is 1. The predicted molar refractivity (Wildman–Crippen MR) is 75.5 cm³/mol. The third-order valence-corrected chi connectivity index (χ3v) is 3.98. The van der Waals surface area contributed by atoms with E-state index in [1.54, 1.807) is 12.1 Å². The van der Waals surface area contributed by atoms with E-state index in [0.717, 1.165) is 24.8 Å². The van der Waals surface area contributed by atoms with E-state index in [2.05, 4.69) is 10.4 Å². The van der Waals surface area contributed by atoms with Gasteiger partial charge in [-0.3, -0.25) is 4.68 Å². The Hall–Kier alpha value is -2.01. The van der Waals surface area contributed by atoms with Gasteiger partial charge in [0.05, 0.1) is 6.20 Å². The highest BCUT2D eigenvalue weighted by atomic mass is 16.3. The minimum absolute atomic E-state index is 0.0819. The molecule has 0 radical (unpaired) electrons. The number of aromatic nitrogens is 2. The van der Waals surface area contributed by atoms with E-state index in [4.69, 9.17) is 0 Å². The van der Waals surface area contributed by atoms with Crippen LogP contribution in [0, 0.1) is 0 Å². The van der Waals surface area contributed by atoms with Crippen molar-refractivity contribution in [3.05, 3.63) is 41.2 Å². The monoisotopic (exact) mass is 273 g/mol. The van der Waals surface area contributed by atoms with E-state index in [0.29, 0.717) is 6.54 Å². The second kappa shape index (κ2) is 5.17. The summed E-state index contributed by atoms with van der Waals surface area (Å²) in [6.45, 7) is 0.575. The predicted octanol–water partition coefficient (Wildman–Crippen LogP) is 2.00. The molecule has 3 N–H and O–H groups in total. The summed E-state index contributed by atoms with van der Waals surface area (Å²) >= 11 is 0. The van der Waals surface area contributed by atoms with E-state index in [1.165, 1.54) is 17.3 Å². The summed E-state index contributed by atoms with van der Waals surface area (Å²) in [7, 11) is 1.98. The zero-order chi connectivity index (χ0) is 14.1. The Morgan fingerprint density at radius 3 is 3.05 bits per heavy atom. The minimum Gasteiger partial charge on any atom is -0.508 e.